The lowest BCUT2D eigenvalue weighted by atomic mass is 10.1. The maximum atomic E-state index is 6.19. The van der Waals surface area contributed by atoms with Gasteiger partial charge in [0, 0.05) is 13.8 Å². The van der Waals surface area contributed by atoms with E-state index in [1.807, 2.05) is 29.6 Å². The molecule has 4 heteroatoms. The second-order valence-electron chi connectivity index (χ2n) is 3.17. The molecular formula is C11H9Br2NS. The number of nitrogens with two attached hydrogens (primary N) is 1. The largest absolute Gasteiger partial charge is 0.320 e. The monoisotopic (exact) mass is 345 g/mol. The van der Waals surface area contributed by atoms with E-state index in [4.69, 9.17) is 5.73 Å². The third kappa shape index (κ3) is 2.50. The Bertz CT molecular complexity index is 467. The quantitative estimate of drug-likeness (QED) is 0.860. The number of halogens is 2. The number of thiophene rings is 1. The standard InChI is InChI=1S/C11H9Br2NS/c12-8-3-1-2-7(6-8)10(14)11-9(13)4-5-15-11/h1-6,10H,14H2. The molecule has 0 aliphatic heterocycles. The second-order valence-corrected chi connectivity index (χ2v) is 5.88. The van der Waals surface area contributed by atoms with Crippen LogP contribution in [0.2, 0.25) is 0 Å². The summed E-state index contributed by atoms with van der Waals surface area (Å²) in [5.41, 5.74) is 7.31. The highest BCUT2D eigenvalue weighted by Crippen LogP contribution is 2.32. The van der Waals surface area contributed by atoms with E-state index in [-0.39, 0.29) is 6.04 Å². The molecule has 2 rings (SSSR count). The van der Waals surface area contributed by atoms with E-state index in [1.165, 1.54) is 0 Å². The zero-order valence-electron chi connectivity index (χ0n) is 7.78. The van der Waals surface area contributed by atoms with Crippen LogP contribution < -0.4 is 5.73 Å². The molecular weight excluding hydrogens is 338 g/mol. The maximum Gasteiger partial charge on any atom is 0.0657 e. The Balaban J connectivity index is 2.36. The molecule has 0 fully saturated rings. The van der Waals surface area contributed by atoms with Crippen LogP contribution in [0.15, 0.2) is 44.7 Å². The summed E-state index contributed by atoms with van der Waals surface area (Å²) < 4.78 is 2.14. The summed E-state index contributed by atoms with van der Waals surface area (Å²) in [6, 6.07) is 10.1. The van der Waals surface area contributed by atoms with Gasteiger partial charge in [0.05, 0.1) is 6.04 Å². The molecule has 0 saturated carbocycles. The van der Waals surface area contributed by atoms with Gasteiger partial charge >= 0.3 is 0 Å². The molecule has 1 aromatic heterocycles. The molecule has 78 valence electrons. The van der Waals surface area contributed by atoms with Crippen LogP contribution in [0.1, 0.15) is 16.5 Å². The number of hydrogen-bond acceptors (Lipinski definition) is 2. The van der Waals surface area contributed by atoms with Crippen molar-refractivity contribution < 1.29 is 0 Å². The molecule has 2 aromatic rings. The fourth-order valence-corrected chi connectivity index (χ4v) is 3.44. The van der Waals surface area contributed by atoms with Gasteiger partial charge < -0.3 is 5.73 Å². The van der Waals surface area contributed by atoms with Gasteiger partial charge in [-0.15, -0.1) is 11.3 Å². The first-order chi connectivity index (χ1) is 7.18. The Labute approximate surface area is 110 Å². The first-order valence-electron chi connectivity index (χ1n) is 4.42. The Hall–Kier alpha value is -0.160. The van der Waals surface area contributed by atoms with Crippen molar-refractivity contribution in [1.82, 2.24) is 0 Å². The summed E-state index contributed by atoms with van der Waals surface area (Å²) in [7, 11) is 0. The molecule has 1 unspecified atom stereocenters. The average Bonchev–Trinajstić information content (AvgIpc) is 2.63. The van der Waals surface area contributed by atoms with Gasteiger partial charge in [-0.3, -0.25) is 0 Å². The molecule has 1 atom stereocenters. The van der Waals surface area contributed by atoms with Gasteiger partial charge in [0.2, 0.25) is 0 Å². The van der Waals surface area contributed by atoms with Crippen molar-refractivity contribution in [3.8, 4) is 0 Å². The number of benzene rings is 1. The molecule has 1 aromatic carbocycles. The van der Waals surface area contributed by atoms with Gasteiger partial charge in [-0.2, -0.15) is 0 Å². The molecule has 0 radical (unpaired) electrons. The van der Waals surface area contributed by atoms with Crippen LogP contribution in [0.25, 0.3) is 0 Å². The predicted molar refractivity (Wildman–Crippen MR) is 72.2 cm³/mol. The van der Waals surface area contributed by atoms with E-state index in [9.17, 15) is 0 Å². The lowest BCUT2D eigenvalue weighted by Crippen LogP contribution is -2.10. The lowest BCUT2D eigenvalue weighted by molar-refractivity contribution is 0.888. The normalized spacial score (nSPS) is 12.7. The molecule has 0 spiro atoms. The Morgan fingerprint density at radius 2 is 2.00 bits per heavy atom. The Morgan fingerprint density at radius 1 is 1.20 bits per heavy atom. The van der Waals surface area contributed by atoms with Crippen LogP contribution >= 0.6 is 43.2 Å². The van der Waals surface area contributed by atoms with Crippen LogP contribution in [0.4, 0.5) is 0 Å². The summed E-state index contributed by atoms with van der Waals surface area (Å²) in [5, 5.41) is 2.04. The third-order valence-electron chi connectivity index (χ3n) is 2.14. The van der Waals surface area contributed by atoms with Gasteiger partial charge in [-0.1, -0.05) is 28.1 Å². The minimum atomic E-state index is -0.0584. The van der Waals surface area contributed by atoms with E-state index in [1.54, 1.807) is 11.3 Å². The first-order valence-corrected chi connectivity index (χ1v) is 6.89. The highest BCUT2D eigenvalue weighted by atomic mass is 79.9. The molecule has 0 aliphatic rings. The molecule has 15 heavy (non-hydrogen) atoms. The van der Waals surface area contributed by atoms with Crippen molar-refractivity contribution in [1.29, 1.82) is 0 Å². The minimum absolute atomic E-state index is 0.0584. The van der Waals surface area contributed by atoms with Crippen LogP contribution in [-0.4, -0.2) is 0 Å². The fraction of sp³-hybridized carbons (Fsp3) is 0.0909. The zero-order valence-corrected chi connectivity index (χ0v) is 11.8. The van der Waals surface area contributed by atoms with Gasteiger partial charge in [0.1, 0.15) is 0 Å². The molecule has 1 heterocycles. The third-order valence-corrected chi connectivity index (χ3v) is 4.58. The molecule has 0 aliphatic carbocycles. The Morgan fingerprint density at radius 3 is 2.60 bits per heavy atom. The number of rotatable bonds is 2. The topological polar surface area (TPSA) is 26.0 Å². The Kier molecular flexibility index (Phi) is 3.61. The van der Waals surface area contributed by atoms with Crippen molar-refractivity contribution in [3.05, 3.63) is 55.1 Å². The van der Waals surface area contributed by atoms with Gasteiger partial charge in [-0.05, 0) is 45.1 Å². The van der Waals surface area contributed by atoms with Crippen LogP contribution in [-0.2, 0) is 0 Å². The summed E-state index contributed by atoms with van der Waals surface area (Å²) in [6.07, 6.45) is 0. The number of hydrogen-bond donors (Lipinski definition) is 1. The highest BCUT2D eigenvalue weighted by Gasteiger charge is 2.13. The van der Waals surface area contributed by atoms with Crippen molar-refractivity contribution in [3.63, 3.8) is 0 Å². The van der Waals surface area contributed by atoms with E-state index < -0.39 is 0 Å². The first kappa shape index (κ1) is 11.3. The maximum absolute atomic E-state index is 6.19. The van der Waals surface area contributed by atoms with Crippen LogP contribution in [0.3, 0.4) is 0 Å². The van der Waals surface area contributed by atoms with Crippen molar-refractivity contribution in [2.45, 2.75) is 6.04 Å². The molecule has 1 nitrogen and oxygen atoms in total. The zero-order chi connectivity index (χ0) is 10.8. The van der Waals surface area contributed by atoms with Gasteiger partial charge in [0.25, 0.3) is 0 Å². The summed E-state index contributed by atoms with van der Waals surface area (Å²) >= 11 is 8.62. The molecule has 0 saturated heterocycles. The second kappa shape index (κ2) is 4.78. The summed E-state index contributed by atoms with van der Waals surface area (Å²) in [5.74, 6) is 0. The lowest BCUT2D eigenvalue weighted by Gasteiger charge is -2.11. The van der Waals surface area contributed by atoms with Crippen LogP contribution in [0, 0.1) is 0 Å². The van der Waals surface area contributed by atoms with Crippen LogP contribution in [0.5, 0.6) is 0 Å². The van der Waals surface area contributed by atoms with E-state index >= 15 is 0 Å². The van der Waals surface area contributed by atoms with E-state index in [0.717, 1.165) is 19.4 Å². The average molecular weight is 347 g/mol. The van der Waals surface area contributed by atoms with Gasteiger partial charge in [0.15, 0.2) is 0 Å². The highest BCUT2D eigenvalue weighted by molar-refractivity contribution is 9.10. The smallest absolute Gasteiger partial charge is 0.0657 e. The van der Waals surface area contributed by atoms with E-state index in [2.05, 4.69) is 37.9 Å². The molecule has 2 N–H and O–H groups in total. The van der Waals surface area contributed by atoms with Crippen molar-refractivity contribution in [2.75, 3.05) is 0 Å². The fourth-order valence-electron chi connectivity index (χ4n) is 1.38. The van der Waals surface area contributed by atoms with Crippen molar-refractivity contribution in [2.24, 2.45) is 5.73 Å². The van der Waals surface area contributed by atoms with Gasteiger partial charge in [-0.25, -0.2) is 0 Å². The van der Waals surface area contributed by atoms with Crippen molar-refractivity contribution >= 4 is 43.2 Å². The summed E-state index contributed by atoms with van der Waals surface area (Å²) in [6.45, 7) is 0. The minimum Gasteiger partial charge on any atom is -0.320 e. The summed E-state index contributed by atoms with van der Waals surface area (Å²) in [4.78, 5) is 1.16. The molecule has 0 bridgehead atoms. The SMILES string of the molecule is NC(c1cccc(Br)c1)c1sccc1Br. The van der Waals surface area contributed by atoms with E-state index in [0.29, 0.717) is 0 Å². The molecule has 0 amide bonds. The predicted octanol–water partition coefficient (Wildman–Crippen LogP) is 4.32.